The van der Waals surface area contributed by atoms with Crippen molar-refractivity contribution < 1.29 is 9.53 Å². The molecule has 0 aliphatic heterocycles. The van der Waals surface area contributed by atoms with E-state index in [1.807, 2.05) is 13.8 Å². The Balaban J connectivity index is 2.44. The maximum Gasteiger partial charge on any atom is 0.326 e. The minimum atomic E-state index is -0.560. The van der Waals surface area contributed by atoms with E-state index >= 15 is 0 Å². The summed E-state index contributed by atoms with van der Waals surface area (Å²) in [5.74, 6) is 0.736. The number of esters is 1. The number of carbonyl (C=O) groups excluding carboxylic acids is 1. The highest BCUT2D eigenvalue weighted by molar-refractivity contribution is 5.80. The Morgan fingerprint density at radius 1 is 1.33 bits per heavy atom. The molecule has 1 aliphatic carbocycles. The molecule has 4 heteroatoms. The first-order valence-corrected chi connectivity index (χ1v) is 8.62. The first kappa shape index (κ1) is 18.4. The highest BCUT2D eigenvalue weighted by Gasteiger charge is 2.34. The van der Waals surface area contributed by atoms with E-state index in [0.717, 1.165) is 38.4 Å². The summed E-state index contributed by atoms with van der Waals surface area (Å²) in [6.07, 6.45) is 7.33. The lowest BCUT2D eigenvalue weighted by molar-refractivity contribution is -0.151. The summed E-state index contributed by atoms with van der Waals surface area (Å²) in [6.45, 7) is 9.34. The second-order valence-corrected chi connectivity index (χ2v) is 6.64. The van der Waals surface area contributed by atoms with Gasteiger partial charge in [-0.3, -0.25) is 4.79 Å². The molecule has 0 radical (unpaired) electrons. The molecule has 1 rings (SSSR count). The van der Waals surface area contributed by atoms with Gasteiger partial charge in [-0.1, -0.05) is 19.8 Å². The lowest BCUT2D eigenvalue weighted by atomic mass is 9.97. The third-order valence-corrected chi connectivity index (χ3v) is 4.53. The van der Waals surface area contributed by atoms with Crippen LogP contribution in [0.5, 0.6) is 0 Å². The number of hydrogen-bond acceptors (Lipinski definition) is 4. The smallest absolute Gasteiger partial charge is 0.326 e. The van der Waals surface area contributed by atoms with Crippen LogP contribution in [0.25, 0.3) is 0 Å². The van der Waals surface area contributed by atoms with E-state index in [-0.39, 0.29) is 5.97 Å². The summed E-state index contributed by atoms with van der Waals surface area (Å²) >= 11 is 0. The predicted molar refractivity (Wildman–Crippen MR) is 87.4 cm³/mol. The molecule has 1 N–H and O–H groups in total. The molecule has 0 heterocycles. The van der Waals surface area contributed by atoms with Gasteiger partial charge in [-0.2, -0.15) is 0 Å². The molecule has 0 bridgehead atoms. The van der Waals surface area contributed by atoms with E-state index in [0.29, 0.717) is 6.61 Å². The van der Waals surface area contributed by atoms with E-state index in [1.165, 1.54) is 25.7 Å². The van der Waals surface area contributed by atoms with Gasteiger partial charge in [0.15, 0.2) is 0 Å². The molecule has 0 amide bonds. The second kappa shape index (κ2) is 9.42. The molecule has 1 aliphatic rings. The van der Waals surface area contributed by atoms with Gasteiger partial charge in [-0.05, 0) is 59.0 Å². The first-order chi connectivity index (χ1) is 10.0. The van der Waals surface area contributed by atoms with Crippen LogP contribution >= 0.6 is 0 Å². The van der Waals surface area contributed by atoms with Gasteiger partial charge in [0.05, 0.1) is 6.61 Å². The van der Waals surface area contributed by atoms with Gasteiger partial charge in [0.25, 0.3) is 0 Å². The maximum absolute atomic E-state index is 12.2. The number of rotatable bonds is 10. The number of ether oxygens (including phenoxy) is 1. The minimum Gasteiger partial charge on any atom is -0.465 e. The van der Waals surface area contributed by atoms with Crippen molar-refractivity contribution in [2.45, 2.75) is 64.8 Å². The molecule has 1 atom stereocenters. The Kier molecular flexibility index (Phi) is 8.27. The summed E-state index contributed by atoms with van der Waals surface area (Å²) in [7, 11) is 2.17. The van der Waals surface area contributed by atoms with E-state index < -0.39 is 5.54 Å². The average Bonchev–Trinajstić information content (AvgIpc) is 2.96. The topological polar surface area (TPSA) is 41.6 Å². The van der Waals surface area contributed by atoms with Crippen molar-refractivity contribution in [3.63, 3.8) is 0 Å². The van der Waals surface area contributed by atoms with E-state index in [9.17, 15) is 4.79 Å². The van der Waals surface area contributed by atoms with Gasteiger partial charge in [0, 0.05) is 13.1 Å². The number of nitrogens with one attached hydrogen (secondary N) is 1. The van der Waals surface area contributed by atoms with Crippen molar-refractivity contribution in [2.75, 3.05) is 33.3 Å². The fourth-order valence-corrected chi connectivity index (χ4v) is 3.09. The molecule has 1 fully saturated rings. The Morgan fingerprint density at radius 3 is 2.57 bits per heavy atom. The molecule has 0 aromatic rings. The normalized spacial score (nSPS) is 18.9. The van der Waals surface area contributed by atoms with Crippen LogP contribution in [0.2, 0.25) is 0 Å². The third kappa shape index (κ3) is 6.35. The largest absolute Gasteiger partial charge is 0.465 e. The Bertz CT molecular complexity index is 303. The Labute approximate surface area is 130 Å². The molecule has 0 aromatic heterocycles. The van der Waals surface area contributed by atoms with E-state index in [1.54, 1.807) is 0 Å². The summed E-state index contributed by atoms with van der Waals surface area (Å²) in [5.41, 5.74) is -0.560. The van der Waals surface area contributed by atoms with E-state index in [4.69, 9.17) is 4.74 Å². The molecular weight excluding hydrogens is 264 g/mol. The highest BCUT2D eigenvalue weighted by atomic mass is 16.5. The fourth-order valence-electron chi connectivity index (χ4n) is 3.09. The summed E-state index contributed by atoms with van der Waals surface area (Å²) in [5, 5.41) is 3.38. The molecule has 1 unspecified atom stereocenters. The Morgan fingerprint density at radius 2 is 2.00 bits per heavy atom. The van der Waals surface area contributed by atoms with Gasteiger partial charge < -0.3 is 15.0 Å². The van der Waals surface area contributed by atoms with Gasteiger partial charge in [-0.25, -0.2) is 0 Å². The van der Waals surface area contributed by atoms with Crippen LogP contribution < -0.4 is 5.32 Å². The van der Waals surface area contributed by atoms with Crippen molar-refractivity contribution in [1.29, 1.82) is 0 Å². The lowest BCUT2D eigenvalue weighted by Crippen LogP contribution is -2.52. The van der Waals surface area contributed by atoms with Gasteiger partial charge >= 0.3 is 5.97 Å². The van der Waals surface area contributed by atoms with Crippen molar-refractivity contribution in [2.24, 2.45) is 5.92 Å². The predicted octanol–water partition coefficient (Wildman–Crippen LogP) is 2.82. The van der Waals surface area contributed by atoms with Gasteiger partial charge in [-0.15, -0.1) is 0 Å². The van der Waals surface area contributed by atoms with Crippen LogP contribution in [0.3, 0.4) is 0 Å². The zero-order chi connectivity index (χ0) is 15.7. The molecule has 0 spiro atoms. The standard InChI is InChI=1S/C17H34N2O2/c1-5-12-18-17(3,16(20)21-6-2)11-13-19(4)14-15-9-7-8-10-15/h15,18H,5-14H2,1-4H3. The summed E-state index contributed by atoms with van der Waals surface area (Å²) < 4.78 is 5.25. The maximum atomic E-state index is 12.2. The van der Waals surface area contributed by atoms with Crippen LogP contribution in [-0.2, 0) is 9.53 Å². The Hall–Kier alpha value is -0.610. The highest BCUT2D eigenvalue weighted by Crippen LogP contribution is 2.25. The number of carbonyl (C=O) groups is 1. The van der Waals surface area contributed by atoms with Gasteiger partial charge in [0.1, 0.15) is 5.54 Å². The summed E-state index contributed by atoms with van der Waals surface area (Å²) in [6, 6.07) is 0. The van der Waals surface area contributed by atoms with Crippen LogP contribution in [0.15, 0.2) is 0 Å². The SMILES string of the molecule is CCCNC(C)(CCN(C)CC1CCCC1)C(=O)OCC. The zero-order valence-corrected chi connectivity index (χ0v) is 14.4. The molecule has 1 saturated carbocycles. The third-order valence-electron chi connectivity index (χ3n) is 4.53. The van der Waals surface area contributed by atoms with Crippen molar-refractivity contribution in [3.8, 4) is 0 Å². The zero-order valence-electron chi connectivity index (χ0n) is 14.4. The molecule has 21 heavy (non-hydrogen) atoms. The first-order valence-electron chi connectivity index (χ1n) is 8.62. The van der Waals surface area contributed by atoms with Crippen LogP contribution in [0.4, 0.5) is 0 Å². The van der Waals surface area contributed by atoms with E-state index in [2.05, 4.69) is 24.2 Å². The van der Waals surface area contributed by atoms with Crippen LogP contribution in [0, 0.1) is 5.92 Å². The van der Waals surface area contributed by atoms with Crippen molar-refractivity contribution in [1.82, 2.24) is 10.2 Å². The van der Waals surface area contributed by atoms with Gasteiger partial charge in [0.2, 0.25) is 0 Å². The molecular formula is C17H34N2O2. The fraction of sp³-hybridized carbons (Fsp3) is 0.941. The monoisotopic (exact) mass is 298 g/mol. The average molecular weight is 298 g/mol. The number of hydrogen-bond donors (Lipinski definition) is 1. The molecule has 0 saturated heterocycles. The molecule has 4 nitrogen and oxygen atoms in total. The van der Waals surface area contributed by atoms with Crippen molar-refractivity contribution >= 4 is 5.97 Å². The van der Waals surface area contributed by atoms with Crippen LogP contribution in [-0.4, -0.2) is 49.7 Å². The minimum absolute atomic E-state index is 0.118. The summed E-state index contributed by atoms with van der Waals surface area (Å²) in [4.78, 5) is 14.6. The molecule has 124 valence electrons. The molecule has 0 aromatic carbocycles. The lowest BCUT2D eigenvalue weighted by Gasteiger charge is -2.31. The number of nitrogens with zero attached hydrogens (tertiary/aromatic N) is 1. The van der Waals surface area contributed by atoms with Crippen LogP contribution in [0.1, 0.15) is 59.3 Å². The quantitative estimate of drug-likeness (QED) is 0.630. The van der Waals surface area contributed by atoms with Crippen molar-refractivity contribution in [3.05, 3.63) is 0 Å². The second-order valence-electron chi connectivity index (χ2n) is 6.64.